The zero-order valence-electron chi connectivity index (χ0n) is 11.4. The summed E-state index contributed by atoms with van der Waals surface area (Å²) in [5.74, 6) is 2.21. The minimum absolute atomic E-state index is 0.591. The number of nitrogens with zero attached hydrogens (tertiary/aromatic N) is 2. The number of benzene rings is 1. The van der Waals surface area contributed by atoms with Crippen molar-refractivity contribution in [3.63, 3.8) is 0 Å². The zero-order chi connectivity index (χ0) is 14.4. The number of halogens is 1. The van der Waals surface area contributed by atoms with Gasteiger partial charge in [0.15, 0.2) is 0 Å². The molecule has 0 fully saturated rings. The Labute approximate surface area is 126 Å². The molecule has 0 saturated carbocycles. The lowest BCUT2D eigenvalue weighted by Crippen LogP contribution is -2.01. The number of rotatable bonds is 6. The number of hydrogen-bond donors (Lipinski definition) is 1. The third-order valence-electron chi connectivity index (χ3n) is 2.48. The molecule has 0 bridgehead atoms. The van der Waals surface area contributed by atoms with Crippen molar-refractivity contribution >= 4 is 27.4 Å². The molecule has 0 spiro atoms. The average molecular weight is 338 g/mol. The highest BCUT2D eigenvalue weighted by Crippen LogP contribution is 2.33. The SMILES string of the molecule is CCOc1ccc(OCC)c(Nc2ncncc2Br)c1. The molecule has 1 aromatic heterocycles. The Kier molecular flexibility index (Phi) is 5.17. The van der Waals surface area contributed by atoms with Crippen LogP contribution >= 0.6 is 15.9 Å². The van der Waals surface area contributed by atoms with Crippen LogP contribution in [0.15, 0.2) is 35.2 Å². The average Bonchev–Trinajstić information content (AvgIpc) is 2.45. The van der Waals surface area contributed by atoms with Crippen LogP contribution in [0.3, 0.4) is 0 Å². The van der Waals surface area contributed by atoms with Crippen LogP contribution in [0.4, 0.5) is 11.5 Å². The van der Waals surface area contributed by atoms with E-state index in [-0.39, 0.29) is 0 Å². The normalized spacial score (nSPS) is 10.2. The van der Waals surface area contributed by atoms with Crippen LogP contribution in [0.25, 0.3) is 0 Å². The maximum Gasteiger partial charge on any atom is 0.148 e. The third-order valence-corrected chi connectivity index (χ3v) is 3.06. The number of ether oxygens (including phenoxy) is 2. The van der Waals surface area contributed by atoms with Crippen molar-refractivity contribution < 1.29 is 9.47 Å². The molecule has 106 valence electrons. The Morgan fingerprint density at radius 3 is 2.70 bits per heavy atom. The molecule has 1 N–H and O–H groups in total. The summed E-state index contributed by atoms with van der Waals surface area (Å²) >= 11 is 3.41. The Morgan fingerprint density at radius 1 is 1.20 bits per heavy atom. The topological polar surface area (TPSA) is 56.3 Å². The molecule has 0 aliphatic rings. The van der Waals surface area contributed by atoms with Gasteiger partial charge in [-0.15, -0.1) is 0 Å². The second kappa shape index (κ2) is 7.09. The Morgan fingerprint density at radius 2 is 2.00 bits per heavy atom. The van der Waals surface area contributed by atoms with Crippen LogP contribution in [0, 0.1) is 0 Å². The summed E-state index contributed by atoms with van der Waals surface area (Å²) in [6, 6.07) is 5.66. The quantitative estimate of drug-likeness (QED) is 0.869. The number of anilines is 2. The molecule has 20 heavy (non-hydrogen) atoms. The fourth-order valence-electron chi connectivity index (χ4n) is 1.68. The zero-order valence-corrected chi connectivity index (χ0v) is 13.0. The molecule has 0 radical (unpaired) electrons. The standard InChI is InChI=1S/C14H16BrN3O2/c1-3-19-10-5-6-13(20-4-2)12(7-10)18-14-11(15)8-16-9-17-14/h5-9H,3-4H2,1-2H3,(H,16,17,18). The van der Waals surface area contributed by atoms with Crippen LogP contribution in [-0.4, -0.2) is 23.2 Å². The maximum absolute atomic E-state index is 5.61. The first-order valence-corrected chi connectivity index (χ1v) is 7.16. The van der Waals surface area contributed by atoms with Gasteiger partial charge in [-0.3, -0.25) is 0 Å². The van der Waals surface area contributed by atoms with Crippen molar-refractivity contribution in [3.8, 4) is 11.5 Å². The van der Waals surface area contributed by atoms with E-state index in [1.54, 1.807) is 6.20 Å². The fraction of sp³-hybridized carbons (Fsp3) is 0.286. The summed E-state index contributed by atoms with van der Waals surface area (Å²) in [7, 11) is 0. The van der Waals surface area contributed by atoms with E-state index in [1.165, 1.54) is 6.33 Å². The van der Waals surface area contributed by atoms with Crippen LogP contribution in [-0.2, 0) is 0 Å². The molecule has 0 aliphatic carbocycles. The van der Waals surface area contributed by atoms with Gasteiger partial charge in [-0.05, 0) is 41.9 Å². The van der Waals surface area contributed by atoms with Crippen LogP contribution in [0.1, 0.15) is 13.8 Å². The predicted octanol–water partition coefficient (Wildman–Crippen LogP) is 3.78. The summed E-state index contributed by atoms with van der Waals surface area (Å²) < 4.78 is 11.9. The molecule has 1 aromatic carbocycles. The van der Waals surface area contributed by atoms with Gasteiger partial charge in [0.05, 0.1) is 23.4 Å². The number of hydrogen-bond acceptors (Lipinski definition) is 5. The lowest BCUT2D eigenvalue weighted by atomic mass is 10.2. The van der Waals surface area contributed by atoms with E-state index in [0.717, 1.165) is 21.7 Å². The van der Waals surface area contributed by atoms with Crippen LogP contribution in [0.5, 0.6) is 11.5 Å². The largest absolute Gasteiger partial charge is 0.494 e. The second-order valence-corrected chi connectivity index (χ2v) is 4.72. The summed E-state index contributed by atoms with van der Waals surface area (Å²) in [5.41, 5.74) is 0.803. The molecule has 0 amide bonds. The van der Waals surface area contributed by atoms with Crippen LogP contribution < -0.4 is 14.8 Å². The van der Waals surface area contributed by atoms with E-state index in [0.29, 0.717) is 19.0 Å². The summed E-state index contributed by atoms with van der Waals surface area (Å²) in [4.78, 5) is 8.12. The molecule has 2 aromatic rings. The van der Waals surface area contributed by atoms with Crippen molar-refractivity contribution in [2.24, 2.45) is 0 Å². The predicted molar refractivity (Wildman–Crippen MR) is 81.8 cm³/mol. The second-order valence-electron chi connectivity index (χ2n) is 3.87. The Hall–Kier alpha value is -1.82. The van der Waals surface area contributed by atoms with Crippen molar-refractivity contribution in [2.45, 2.75) is 13.8 Å². The van der Waals surface area contributed by atoms with Gasteiger partial charge in [0, 0.05) is 12.3 Å². The molecule has 0 atom stereocenters. The molecule has 6 heteroatoms. The molecule has 1 heterocycles. The van der Waals surface area contributed by atoms with Crippen LogP contribution in [0.2, 0.25) is 0 Å². The lowest BCUT2D eigenvalue weighted by molar-refractivity contribution is 0.332. The highest BCUT2D eigenvalue weighted by Gasteiger charge is 2.09. The van der Waals surface area contributed by atoms with Gasteiger partial charge < -0.3 is 14.8 Å². The van der Waals surface area contributed by atoms with E-state index in [1.807, 2.05) is 32.0 Å². The molecule has 0 aliphatic heterocycles. The molecule has 0 saturated heterocycles. The smallest absolute Gasteiger partial charge is 0.148 e. The van der Waals surface area contributed by atoms with E-state index in [9.17, 15) is 0 Å². The first kappa shape index (κ1) is 14.6. The summed E-state index contributed by atoms with van der Waals surface area (Å²) in [5, 5.41) is 3.22. The van der Waals surface area contributed by atoms with Crippen molar-refractivity contribution in [3.05, 3.63) is 35.2 Å². The monoisotopic (exact) mass is 337 g/mol. The van der Waals surface area contributed by atoms with Crippen molar-refractivity contribution in [1.29, 1.82) is 0 Å². The lowest BCUT2D eigenvalue weighted by Gasteiger charge is -2.14. The molecular formula is C14H16BrN3O2. The van der Waals surface area contributed by atoms with Crippen molar-refractivity contribution in [1.82, 2.24) is 9.97 Å². The molecule has 5 nitrogen and oxygen atoms in total. The minimum Gasteiger partial charge on any atom is -0.494 e. The van der Waals surface area contributed by atoms with E-state index in [4.69, 9.17) is 9.47 Å². The van der Waals surface area contributed by atoms with Gasteiger partial charge in [0.25, 0.3) is 0 Å². The fourth-order valence-corrected chi connectivity index (χ4v) is 2.00. The summed E-state index contributed by atoms with van der Waals surface area (Å²) in [6.07, 6.45) is 3.17. The third kappa shape index (κ3) is 3.60. The maximum atomic E-state index is 5.61. The van der Waals surface area contributed by atoms with Gasteiger partial charge in [0.1, 0.15) is 23.6 Å². The van der Waals surface area contributed by atoms with Gasteiger partial charge in [-0.1, -0.05) is 0 Å². The highest BCUT2D eigenvalue weighted by molar-refractivity contribution is 9.10. The van der Waals surface area contributed by atoms with E-state index >= 15 is 0 Å². The first-order valence-electron chi connectivity index (χ1n) is 6.36. The number of nitrogens with one attached hydrogen (secondary N) is 1. The first-order chi connectivity index (χ1) is 9.74. The minimum atomic E-state index is 0.591. The Bertz CT molecular complexity index is 578. The molecule has 2 rings (SSSR count). The summed E-state index contributed by atoms with van der Waals surface area (Å²) in [6.45, 7) is 5.10. The van der Waals surface area contributed by atoms with Crippen molar-refractivity contribution in [2.75, 3.05) is 18.5 Å². The number of aromatic nitrogens is 2. The van der Waals surface area contributed by atoms with Gasteiger partial charge >= 0.3 is 0 Å². The molecule has 0 unspecified atom stereocenters. The van der Waals surface area contributed by atoms with Gasteiger partial charge in [0.2, 0.25) is 0 Å². The van der Waals surface area contributed by atoms with Gasteiger partial charge in [-0.2, -0.15) is 0 Å². The van der Waals surface area contributed by atoms with Gasteiger partial charge in [-0.25, -0.2) is 9.97 Å². The molecular weight excluding hydrogens is 322 g/mol. The van der Waals surface area contributed by atoms with E-state index < -0.39 is 0 Å². The highest BCUT2D eigenvalue weighted by atomic mass is 79.9. The Balaban J connectivity index is 2.32. The van der Waals surface area contributed by atoms with E-state index in [2.05, 4.69) is 31.2 Å².